The van der Waals surface area contributed by atoms with Crippen molar-refractivity contribution >= 4 is 24.7 Å². The summed E-state index contributed by atoms with van der Waals surface area (Å²) in [7, 11) is -0.931. The van der Waals surface area contributed by atoms with E-state index in [1.54, 1.807) is 6.20 Å². The van der Waals surface area contributed by atoms with Crippen LogP contribution in [-0.2, 0) is 11.2 Å². The number of carbonyl (C=O) groups excluding carboxylic acids is 1. The van der Waals surface area contributed by atoms with Gasteiger partial charge in [0.15, 0.2) is 0 Å². The van der Waals surface area contributed by atoms with E-state index in [2.05, 4.69) is 27.8 Å². The monoisotopic (exact) mass is 351 g/mol. The summed E-state index contributed by atoms with van der Waals surface area (Å²) in [6.07, 6.45) is 10.6. The smallest absolute Gasteiger partial charge is 0.531 e. The number of nitrogens with one attached hydrogen (secondary N) is 2. The van der Waals surface area contributed by atoms with E-state index in [9.17, 15) is 9.82 Å². The fourth-order valence-electron chi connectivity index (χ4n) is 4.51. The standard InChI is InChI=1S/C19H22BN3O3/c24-19(16-5-2-6-21-16)23-12-7-11(8-12)14-9-20(25)26-17-10-22-15-4-1-3-13(15)18(14)17/h1,3,9-12,16,21,25H,2,4-8H2,(H,23,24)/t11?,12?,16-/m0/s1. The summed E-state index contributed by atoms with van der Waals surface area (Å²) in [6.45, 7) is 0.930. The second-order valence-corrected chi connectivity index (χ2v) is 7.62. The molecular formula is C19H22BN3O3. The lowest BCUT2D eigenvalue weighted by atomic mass is 9.68. The summed E-state index contributed by atoms with van der Waals surface area (Å²) in [6, 6.07) is 0.183. The van der Waals surface area contributed by atoms with Crippen LogP contribution >= 0.6 is 0 Å². The zero-order valence-corrected chi connectivity index (χ0v) is 14.6. The predicted octanol–water partition coefficient (Wildman–Crippen LogP) is 1.09. The lowest BCUT2D eigenvalue weighted by Crippen LogP contribution is -2.50. The van der Waals surface area contributed by atoms with E-state index in [0.29, 0.717) is 11.7 Å². The summed E-state index contributed by atoms with van der Waals surface area (Å²) in [5, 5.41) is 16.5. The minimum atomic E-state index is -0.931. The zero-order valence-electron chi connectivity index (χ0n) is 14.6. The molecule has 3 heterocycles. The minimum Gasteiger partial charge on any atom is -0.531 e. The van der Waals surface area contributed by atoms with Gasteiger partial charge in [-0.05, 0) is 49.7 Å². The van der Waals surface area contributed by atoms with Crippen LogP contribution in [0.2, 0.25) is 0 Å². The number of pyridine rings is 1. The van der Waals surface area contributed by atoms with E-state index >= 15 is 0 Å². The Morgan fingerprint density at radius 3 is 3.12 bits per heavy atom. The average molecular weight is 351 g/mol. The third-order valence-corrected chi connectivity index (χ3v) is 5.92. The molecular weight excluding hydrogens is 329 g/mol. The van der Waals surface area contributed by atoms with Gasteiger partial charge in [0.25, 0.3) is 0 Å². The molecule has 3 N–H and O–H groups in total. The van der Waals surface area contributed by atoms with Gasteiger partial charge >= 0.3 is 7.12 Å². The Labute approximate surface area is 152 Å². The molecule has 134 valence electrons. The Balaban J connectivity index is 1.32. The summed E-state index contributed by atoms with van der Waals surface area (Å²) < 4.78 is 5.57. The largest absolute Gasteiger partial charge is 0.552 e. The molecule has 2 aliphatic carbocycles. The molecule has 1 amide bonds. The van der Waals surface area contributed by atoms with Crippen molar-refractivity contribution < 1.29 is 14.5 Å². The number of amides is 1. The van der Waals surface area contributed by atoms with Crippen LogP contribution in [0.3, 0.4) is 0 Å². The quantitative estimate of drug-likeness (QED) is 0.711. The van der Waals surface area contributed by atoms with E-state index in [1.165, 1.54) is 0 Å². The molecule has 1 saturated heterocycles. The molecule has 0 spiro atoms. The first-order valence-electron chi connectivity index (χ1n) is 9.48. The highest BCUT2D eigenvalue weighted by Gasteiger charge is 2.39. The summed E-state index contributed by atoms with van der Waals surface area (Å²) in [4.78, 5) is 16.7. The van der Waals surface area contributed by atoms with Crippen molar-refractivity contribution in [3.63, 3.8) is 0 Å². The summed E-state index contributed by atoms with van der Waals surface area (Å²) in [5.74, 6) is 2.92. The second-order valence-electron chi connectivity index (χ2n) is 7.62. The Kier molecular flexibility index (Phi) is 3.87. The number of allylic oxidation sites excluding steroid dienone is 2. The molecule has 1 aromatic rings. The number of hydrogen-bond donors (Lipinski definition) is 3. The Hall–Kier alpha value is -2.12. The Morgan fingerprint density at radius 2 is 2.31 bits per heavy atom. The first kappa shape index (κ1) is 16.1. The molecule has 4 aliphatic rings. The number of aromatic nitrogens is 1. The van der Waals surface area contributed by atoms with Gasteiger partial charge in [0.2, 0.25) is 5.91 Å². The van der Waals surface area contributed by atoms with Gasteiger partial charge in [-0.3, -0.25) is 9.78 Å². The number of carbonyl (C=O) groups is 1. The summed E-state index contributed by atoms with van der Waals surface area (Å²) >= 11 is 0. The van der Waals surface area contributed by atoms with Crippen LogP contribution < -0.4 is 15.3 Å². The molecule has 6 nitrogen and oxygen atoms in total. The van der Waals surface area contributed by atoms with Crippen LogP contribution in [0.15, 0.2) is 18.2 Å². The molecule has 26 heavy (non-hydrogen) atoms. The van der Waals surface area contributed by atoms with Crippen LogP contribution in [0, 0.1) is 5.92 Å². The van der Waals surface area contributed by atoms with Crippen molar-refractivity contribution in [2.45, 2.75) is 44.2 Å². The first-order chi connectivity index (χ1) is 12.7. The van der Waals surface area contributed by atoms with Crippen molar-refractivity contribution in [3.8, 4) is 5.75 Å². The normalized spacial score (nSPS) is 28.7. The number of nitrogens with zero attached hydrogens (tertiary/aromatic N) is 1. The maximum atomic E-state index is 12.3. The maximum Gasteiger partial charge on any atom is 0.552 e. The number of rotatable bonds is 3. The van der Waals surface area contributed by atoms with Crippen molar-refractivity contribution in [2.75, 3.05) is 6.54 Å². The molecule has 0 unspecified atom stereocenters. The third kappa shape index (κ3) is 2.66. The van der Waals surface area contributed by atoms with Gasteiger partial charge in [0.05, 0.1) is 17.9 Å². The molecule has 2 fully saturated rings. The molecule has 0 radical (unpaired) electrons. The van der Waals surface area contributed by atoms with E-state index in [4.69, 9.17) is 4.65 Å². The lowest BCUT2D eigenvalue weighted by Gasteiger charge is -2.40. The zero-order chi connectivity index (χ0) is 17.7. The average Bonchev–Trinajstić information content (AvgIpc) is 3.27. The van der Waals surface area contributed by atoms with Gasteiger partial charge in [-0.1, -0.05) is 12.2 Å². The third-order valence-electron chi connectivity index (χ3n) is 5.92. The maximum absolute atomic E-state index is 12.3. The van der Waals surface area contributed by atoms with Crippen LogP contribution in [0.4, 0.5) is 0 Å². The van der Waals surface area contributed by atoms with Gasteiger partial charge in [0.1, 0.15) is 5.75 Å². The highest BCUT2D eigenvalue weighted by atomic mass is 16.5. The molecule has 2 aliphatic heterocycles. The topological polar surface area (TPSA) is 83.5 Å². The molecule has 1 aromatic heterocycles. The lowest BCUT2D eigenvalue weighted by molar-refractivity contribution is -0.124. The molecule has 1 atom stereocenters. The van der Waals surface area contributed by atoms with Crippen molar-refractivity contribution in [2.24, 2.45) is 5.92 Å². The highest BCUT2D eigenvalue weighted by Crippen LogP contribution is 2.46. The van der Waals surface area contributed by atoms with E-state index in [0.717, 1.165) is 61.0 Å². The van der Waals surface area contributed by atoms with Gasteiger partial charge in [0, 0.05) is 23.6 Å². The minimum absolute atomic E-state index is 0.0293. The van der Waals surface area contributed by atoms with Crippen molar-refractivity contribution in [1.29, 1.82) is 0 Å². The van der Waals surface area contributed by atoms with E-state index in [-0.39, 0.29) is 18.0 Å². The first-order valence-corrected chi connectivity index (χ1v) is 9.48. The molecule has 5 rings (SSSR count). The SMILES string of the molecule is O=C(NC1CC(C2=CB(O)Oc3cnc4c(c32)C=CC4)C1)[C@@H]1CCCN1. The molecule has 7 heteroatoms. The molecule has 1 saturated carbocycles. The van der Waals surface area contributed by atoms with E-state index < -0.39 is 7.12 Å². The van der Waals surface area contributed by atoms with Crippen LogP contribution in [-0.4, -0.2) is 41.7 Å². The van der Waals surface area contributed by atoms with Crippen molar-refractivity contribution in [3.05, 3.63) is 35.1 Å². The number of hydrogen-bond acceptors (Lipinski definition) is 5. The van der Waals surface area contributed by atoms with Gasteiger partial charge < -0.3 is 20.3 Å². The Morgan fingerprint density at radius 1 is 1.42 bits per heavy atom. The van der Waals surface area contributed by atoms with Gasteiger partial charge in [-0.15, -0.1) is 0 Å². The summed E-state index contributed by atoms with van der Waals surface area (Å²) in [5.41, 5.74) is 4.38. The van der Waals surface area contributed by atoms with Crippen LogP contribution in [0.1, 0.15) is 42.5 Å². The molecule has 0 aromatic carbocycles. The van der Waals surface area contributed by atoms with Gasteiger partial charge in [-0.2, -0.15) is 0 Å². The predicted molar refractivity (Wildman–Crippen MR) is 99.2 cm³/mol. The molecule has 0 bridgehead atoms. The highest BCUT2D eigenvalue weighted by molar-refractivity contribution is 6.52. The van der Waals surface area contributed by atoms with E-state index in [1.807, 2.05) is 5.98 Å². The fraction of sp³-hybridized carbons (Fsp3) is 0.474. The second kappa shape index (κ2) is 6.25. The van der Waals surface area contributed by atoms with Crippen LogP contribution in [0.5, 0.6) is 5.75 Å². The fourth-order valence-corrected chi connectivity index (χ4v) is 4.51. The van der Waals surface area contributed by atoms with Crippen molar-refractivity contribution in [1.82, 2.24) is 15.6 Å². The number of fused-ring (bicyclic) bond motifs is 3. The van der Waals surface area contributed by atoms with Crippen LogP contribution in [0.25, 0.3) is 11.6 Å². The Bertz CT molecular complexity index is 810. The van der Waals surface area contributed by atoms with Gasteiger partial charge in [-0.25, -0.2) is 0 Å².